The van der Waals surface area contributed by atoms with E-state index in [2.05, 4.69) is 36.6 Å². The lowest BCUT2D eigenvalue weighted by Crippen LogP contribution is -2.47. The molecule has 6 nitrogen and oxygen atoms in total. The van der Waals surface area contributed by atoms with Crippen LogP contribution in [0.15, 0.2) is 17.1 Å². The quantitative estimate of drug-likeness (QED) is 0.380. The first kappa shape index (κ1) is 20.5. The third-order valence-corrected chi connectivity index (χ3v) is 5.48. The SMILES string of the molecule is CCNC(=NCc1cc2c(cc1OC)CC(C)O2)NC1CC2CCC1O2.I. The van der Waals surface area contributed by atoms with E-state index < -0.39 is 0 Å². The largest absolute Gasteiger partial charge is 0.496 e. The molecule has 0 radical (unpaired) electrons. The average Bonchev–Trinajstić information content (AvgIpc) is 3.33. The van der Waals surface area contributed by atoms with Gasteiger partial charge in [0.1, 0.15) is 17.6 Å². The summed E-state index contributed by atoms with van der Waals surface area (Å²) < 4.78 is 17.4. The van der Waals surface area contributed by atoms with E-state index in [1.165, 1.54) is 12.0 Å². The molecule has 150 valence electrons. The van der Waals surface area contributed by atoms with Gasteiger partial charge in [-0.1, -0.05) is 0 Å². The number of guanidine groups is 1. The average molecular weight is 487 g/mol. The van der Waals surface area contributed by atoms with Gasteiger partial charge < -0.3 is 24.8 Å². The number of rotatable bonds is 5. The molecule has 3 heterocycles. The Morgan fingerprint density at radius 1 is 1.33 bits per heavy atom. The van der Waals surface area contributed by atoms with Crippen LogP contribution < -0.4 is 20.1 Å². The number of hydrogen-bond donors (Lipinski definition) is 2. The molecule has 3 aliphatic rings. The van der Waals surface area contributed by atoms with Gasteiger partial charge in [0.25, 0.3) is 0 Å². The fraction of sp³-hybridized carbons (Fsp3) is 0.650. The number of nitrogens with zero attached hydrogens (tertiary/aromatic N) is 1. The number of methoxy groups -OCH3 is 1. The molecule has 27 heavy (non-hydrogen) atoms. The van der Waals surface area contributed by atoms with Crippen LogP contribution in [0.4, 0.5) is 0 Å². The van der Waals surface area contributed by atoms with Crippen LogP contribution in [0.3, 0.4) is 0 Å². The molecule has 4 unspecified atom stereocenters. The molecule has 0 saturated carbocycles. The summed E-state index contributed by atoms with van der Waals surface area (Å²) in [6, 6.07) is 4.52. The lowest BCUT2D eigenvalue weighted by Gasteiger charge is -2.22. The van der Waals surface area contributed by atoms with Crippen molar-refractivity contribution in [1.82, 2.24) is 10.6 Å². The summed E-state index contributed by atoms with van der Waals surface area (Å²) in [5.41, 5.74) is 2.26. The predicted octanol–water partition coefficient (Wildman–Crippen LogP) is 3.01. The highest BCUT2D eigenvalue weighted by Gasteiger charge is 2.41. The van der Waals surface area contributed by atoms with E-state index in [1.54, 1.807) is 7.11 Å². The van der Waals surface area contributed by atoms with E-state index in [9.17, 15) is 0 Å². The van der Waals surface area contributed by atoms with Crippen LogP contribution in [0.2, 0.25) is 0 Å². The maximum absolute atomic E-state index is 5.94. The lowest BCUT2D eigenvalue weighted by molar-refractivity contribution is 0.0992. The standard InChI is InChI=1S/C20H29N3O3.HI/c1-4-21-20(23-16-10-15-5-6-17(16)26-15)22-11-14-9-19-13(7-12(2)25-19)8-18(14)24-3;/h8-9,12,15-17H,4-7,10-11H2,1-3H3,(H2,21,22,23);1H. The van der Waals surface area contributed by atoms with Gasteiger partial charge in [0.2, 0.25) is 0 Å². The first-order valence-corrected chi connectivity index (χ1v) is 9.73. The van der Waals surface area contributed by atoms with Crippen molar-refractivity contribution in [2.45, 2.75) is 70.4 Å². The Morgan fingerprint density at radius 3 is 2.85 bits per heavy atom. The summed E-state index contributed by atoms with van der Waals surface area (Å²) in [6.07, 6.45) is 5.33. The van der Waals surface area contributed by atoms with Crippen molar-refractivity contribution >= 4 is 29.9 Å². The Kier molecular flexibility index (Phi) is 6.73. The molecular weight excluding hydrogens is 457 g/mol. The zero-order chi connectivity index (χ0) is 18.1. The first-order chi connectivity index (χ1) is 12.7. The Hall–Kier alpha value is -1.22. The van der Waals surface area contributed by atoms with Crippen LogP contribution in [0.1, 0.15) is 44.2 Å². The molecule has 2 fully saturated rings. The Labute approximate surface area is 178 Å². The van der Waals surface area contributed by atoms with Crippen molar-refractivity contribution in [2.75, 3.05) is 13.7 Å². The van der Waals surface area contributed by atoms with Crippen molar-refractivity contribution in [3.63, 3.8) is 0 Å². The molecule has 2 bridgehead atoms. The zero-order valence-electron chi connectivity index (χ0n) is 16.3. The highest BCUT2D eigenvalue weighted by Crippen LogP contribution is 2.36. The first-order valence-electron chi connectivity index (χ1n) is 9.73. The summed E-state index contributed by atoms with van der Waals surface area (Å²) in [6.45, 7) is 5.55. The van der Waals surface area contributed by atoms with Gasteiger partial charge in [0, 0.05) is 24.1 Å². The molecule has 0 aromatic heterocycles. The Bertz CT molecular complexity index is 697. The Balaban J connectivity index is 0.00000210. The third kappa shape index (κ3) is 4.45. The highest BCUT2D eigenvalue weighted by atomic mass is 127. The predicted molar refractivity (Wildman–Crippen MR) is 116 cm³/mol. The summed E-state index contributed by atoms with van der Waals surface area (Å²) in [5.74, 6) is 2.68. The van der Waals surface area contributed by atoms with Crippen LogP contribution in [0.25, 0.3) is 0 Å². The summed E-state index contributed by atoms with van der Waals surface area (Å²) >= 11 is 0. The number of ether oxygens (including phenoxy) is 3. The maximum Gasteiger partial charge on any atom is 0.191 e. The lowest BCUT2D eigenvalue weighted by atomic mass is 9.96. The molecule has 7 heteroatoms. The fourth-order valence-electron chi connectivity index (χ4n) is 4.24. The van der Waals surface area contributed by atoms with Crippen LogP contribution in [-0.2, 0) is 17.7 Å². The van der Waals surface area contributed by atoms with Crippen molar-refractivity contribution in [2.24, 2.45) is 4.99 Å². The van der Waals surface area contributed by atoms with E-state index in [-0.39, 0.29) is 30.1 Å². The minimum atomic E-state index is 0. The van der Waals surface area contributed by atoms with Gasteiger partial charge in [0.05, 0.1) is 31.9 Å². The van der Waals surface area contributed by atoms with Gasteiger partial charge in [-0.05, 0) is 45.2 Å². The van der Waals surface area contributed by atoms with Crippen LogP contribution >= 0.6 is 24.0 Å². The fourth-order valence-corrected chi connectivity index (χ4v) is 4.24. The minimum Gasteiger partial charge on any atom is -0.496 e. The molecular formula is C20H30IN3O3. The van der Waals surface area contributed by atoms with Crippen molar-refractivity contribution in [1.29, 1.82) is 0 Å². The van der Waals surface area contributed by atoms with Crippen molar-refractivity contribution in [3.05, 3.63) is 23.3 Å². The van der Waals surface area contributed by atoms with Crippen molar-refractivity contribution < 1.29 is 14.2 Å². The van der Waals surface area contributed by atoms with Crippen molar-refractivity contribution in [3.8, 4) is 11.5 Å². The van der Waals surface area contributed by atoms with E-state index in [0.717, 1.165) is 48.8 Å². The van der Waals surface area contributed by atoms with Gasteiger partial charge in [-0.3, -0.25) is 0 Å². The normalized spacial score (nSPS) is 28.3. The summed E-state index contributed by atoms with van der Waals surface area (Å²) in [7, 11) is 1.71. The van der Waals surface area contributed by atoms with Gasteiger partial charge in [-0.2, -0.15) is 0 Å². The second kappa shape index (κ2) is 8.86. The number of fused-ring (bicyclic) bond motifs is 3. The van der Waals surface area contributed by atoms with Crippen LogP contribution in [0, 0.1) is 0 Å². The number of halogens is 1. The maximum atomic E-state index is 5.94. The Morgan fingerprint density at radius 2 is 2.19 bits per heavy atom. The molecule has 4 atom stereocenters. The molecule has 2 saturated heterocycles. The van der Waals surface area contributed by atoms with Crippen LogP contribution in [-0.4, -0.2) is 44.0 Å². The van der Waals surface area contributed by atoms with Gasteiger partial charge in [-0.15, -0.1) is 24.0 Å². The smallest absolute Gasteiger partial charge is 0.191 e. The van der Waals surface area contributed by atoms with Gasteiger partial charge >= 0.3 is 0 Å². The number of nitrogens with one attached hydrogen (secondary N) is 2. The molecule has 0 amide bonds. The molecule has 0 spiro atoms. The highest BCUT2D eigenvalue weighted by molar-refractivity contribution is 14.0. The van der Waals surface area contributed by atoms with Gasteiger partial charge in [-0.25, -0.2) is 4.99 Å². The number of aliphatic imine (C=N–C) groups is 1. The molecule has 3 aliphatic heterocycles. The molecule has 1 aromatic rings. The third-order valence-electron chi connectivity index (χ3n) is 5.48. The second-order valence-electron chi connectivity index (χ2n) is 7.46. The monoisotopic (exact) mass is 487 g/mol. The van der Waals surface area contributed by atoms with E-state index in [0.29, 0.717) is 24.8 Å². The molecule has 4 rings (SSSR count). The number of hydrogen-bond acceptors (Lipinski definition) is 4. The summed E-state index contributed by atoms with van der Waals surface area (Å²) in [5, 5.41) is 6.90. The van der Waals surface area contributed by atoms with E-state index in [1.807, 2.05) is 0 Å². The molecule has 2 N–H and O–H groups in total. The summed E-state index contributed by atoms with van der Waals surface area (Å²) in [4.78, 5) is 4.79. The topological polar surface area (TPSA) is 64.1 Å². The van der Waals surface area contributed by atoms with E-state index in [4.69, 9.17) is 19.2 Å². The van der Waals surface area contributed by atoms with E-state index >= 15 is 0 Å². The molecule has 1 aromatic carbocycles. The number of benzene rings is 1. The molecule has 0 aliphatic carbocycles. The second-order valence-corrected chi connectivity index (χ2v) is 7.46. The van der Waals surface area contributed by atoms with Gasteiger partial charge in [0.15, 0.2) is 5.96 Å². The zero-order valence-corrected chi connectivity index (χ0v) is 18.6. The minimum absolute atomic E-state index is 0. The van der Waals surface area contributed by atoms with Crippen LogP contribution in [0.5, 0.6) is 11.5 Å².